The van der Waals surface area contributed by atoms with Crippen LogP contribution in [-0.4, -0.2) is 44.0 Å². The molecule has 0 radical (unpaired) electrons. The number of hydrogen-bond acceptors (Lipinski definition) is 7. The van der Waals surface area contributed by atoms with E-state index in [1.54, 1.807) is 16.8 Å². The van der Waals surface area contributed by atoms with Crippen LogP contribution in [0.5, 0.6) is 0 Å². The van der Waals surface area contributed by atoms with Crippen molar-refractivity contribution in [2.75, 3.05) is 18.4 Å². The number of carbonyl (C=O) groups is 1. The zero-order chi connectivity index (χ0) is 19.5. The first-order chi connectivity index (χ1) is 13.6. The Labute approximate surface area is 162 Å². The van der Waals surface area contributed by atoms with Crippen molar-refractivity contribution in [3.63, 3.8) is 0 Å². The fourth-order valence-corrected chi connectivity index (χ4v) is 3.21. The first-order valence-corrected chi connectivity index (χ1v) is 9.21. The predicted octanol–water partition coefficient (Wildman–Crippen LogP) is 0.900. The van der Waals surface area contributed by atoms with Gasteiger partial charge in [0.05, 0.1) is 17.9 Å². The lowest BCUT2D eigenvalue weighted by Crippen LogP contribution is -2.27. The molecule has 1 aliphatic heterocycles. The smallest absolute Gasteiger partial charge is 0.248 e. The highest BCUT2D eigenvalue weighted by molar-refractivity contribution is 5.93. The van der Waals surface area contributed by atoms with Crippen molar-refractivity contribution in [3.8, 4) is 11.4 Å². The Bertz CT molecular complexity index is 996. The van der Waals surface area contributed by atoms with Gasteiger partial charge in [0.1, 0.15) is 5.82 Å². The number of primary amides is 1. The topological polar surface area (TPSA) is 124 Å². The van der Waals surface area contributed by atoms with E-state index in [0.29, 0.717) is 31.0 Å². The monoisotopic (exact) mass is 378 g/mol. The third-order valence-electron chi connectivity index (χ3n) is 4.65. The molecule has 9 nitrogen and oxygen atoms in total. The fourth-order valence-electron chi connectivity index (χ4n) is 3.21. The van der Waals surface area contributed by atoms with Gasteiger partial charge in [-0.15, -0.1) is 5.10 Å². The van der Waals surface area contributed by atoms with E-state index in [4.69, 9.17) is 15.7 Å². The molecule has 4 rings (SSSR count). The lowest BCUT2D eigenvalue weighted by atomic mass is 10.1. The van der Waals surface area contributed by atoms with Crippen LogP contribution in [0.3, 0.4) is 0 Å². The normalized spacial score (nSPS) is 13.2. The van der Waals surface area contributed by atoms with Crippen LogP contribution in [0.4, 0.5) is 5.82 Å². The molecule has 2 aromatic heterocycles. The van der Waals surface area contributed by atoms with Gasteiger partial charge < -0.3 is 16.4 Å². The summed E-state index contributed by atoms with van der Waals surface area (Å²) in [6.45, 7) is 4.90. The molecule has 3 heterocycles. The molecule has 9 heteroatoms. The summed E-state index contributed by atoms with van der Waals surface area (Å²) >= 11 is 0. The largest absolute Gasteiger partial charge is 0.368 e. The summed E-state index contributed by atoms with van der Waals surface area (Å²) in [6.07, 6.45) is 2.79. The summed E-state index contributed by atoms with van der Waals surface area (Å²) in [7, 11) is 0. The van der Waals surface area contributed by atoms with Crippen molar-refractivity contribution in [3.05, 3.63) is 53.0 Å². The quantitative estimate of drug-likeness (QED) is 0.582. The van der Waals surface area contributed by atoms with Gasteiger partial charge in [-0.2, -0.15) is 0 Å². The lowest BCUT2D eigenvalue weighted by molar-refractivity contribution is 0.100. The van der Waals surface area contributed by atoms with Gasteiger partial charge in [-0.1, -0.05) is 17.3 Å². The van der Waals surface area contributed by atoms with Crippen LogP contribution >= 0.6 is 0 Å². The van der Waals surface area contributed by atoms with Gasteiger partial charge in [0.25, 0.3) is 0 Å². The number of amides is 1. The number of anilines is 1. The molecule has 1 aliphatic rings. The summed E-state index contributed by atoms with van der Waals surface area (Å²) in [4.78, 5) is 20.8. The number of rotatable bonds is 6. The molecule has 4 N–H and O–H groups in total. The molecular weight excluding hydrogens is 356 g/mol. The number of aryl methyl sites for hydroxylation is 1. The van der Waals surface area contributed by atoms with E-state index in [-0.39, 0.29) is 0 Å². The standard InChI is InChI=1S/C19H22N8O/c1-12-11-27(26-25-12)9-8-22-19-15-6-7-21-10-16(15)23-18(24-19)14-4-2-13(3-5-14)17(20)28/h2-5,11,21H,6-10H2,1H3,(H2,20,28)(H,22,23,24). The second kappa shape index (κ2) is 7.73. The van der Waals surface area contributed by atoms with Crippen LogP contribution in [0, 0.1) is 6.92 Å². The summed E-state index contributed by atoms with van der Waals surface area (Å²) < 4.78 is 1.81. The van der Waals surface area contributed by atoms with Gasteiger partial charge in [0, 0.05) is 36.0 Å². The van der Waals surface area contributed by atoms with E-state index >= 15 is 0 Å². The molecule has 28 heavy (non-hydrogen) atoms. The molecule has 144 valence electrons. The minimum absolute atomic E-state index is 0.451. The van der Waals surface area contributed by atoms with Gasteiger partial charge in [-0.05, 0) is 32.0 Å². The minimum atomic E-state index is -0.451. The Morgan fingerprint density at radius 1 is 1.29 bits per heavy atom. The van der Waals surface area contributed by atoms with Crippen molar-refractivity contribution in [2.45, 2.75) is 26.4 Å². The van der Waals surface area contributed by atoms with Crippen LogP contribution in [0.1, 0.15) is 27.3 Å². The molecule has 1 amide bonds. The molecule has 0 fully saturated rings. The molecular formula is C19H22N8O. The zero-order valence-corrected chi connectivity index (χ0v) is 15.6. The number of nitrogens with zero attached hydrogens (tertiary/aromatic N) is 5. The van der Waals surface area contributed by atoms with Crippen molar-refractivity contribution in [1.29, 1.82) is 0 Å². The Balaban J connectivity index is 1.59. The first-order valence-electron chi connectivity index (χ1n) is 9.21. The number of nitrogens with one attached hydrogen (secondary N) is 2. The number of hydrogen-bond donors (Lipinski definition) is 3. The van der Waals surface area contributed by atoms with Crippen molar-refractivity contribution >= 4 is 11.7 Å². The van der Waals surface area contributed by atoms with Gasteiger partial charge >= 0.3 is 0 Å². The van der Waals surface area contributed by atoms with E-state index in [2.05, 4.69) is 20.9 Å². The molecule has 0 bridgehead atoms. The van der Waals surface area contributed by atoms with E-state index in [9.17, 15) is 4.79 Å². The van der Waals surface area contributed by atoms with Crippen LogP contribution in [0.2, 0.25) is 0 Å². The summed E-state index contributed by atoms with van der Waals surface area (Å²) in [5.41, 5.74) is 9.66. The summed E-state index contributed by atoms with van der Waals surface area (Å²) in [5.74, 6) is 1.02. The molecule has 0 atom stereocenters. The Hall–Kier alpha value is -3.33. The summed E-state index contributed by atoms with van der Waals surface area (Å²) in [6, 6.07) is 7.03. The predicted molar refractivity (Wildman–Crippen MR) is 105 cm³/mol. The van der Waals surface area contributed by atoms with E-state index in [1.807, 2.05) is 25.3 Å². The number of aromatic nitrogens is 5. The van der Waals surface area contributed by atoms with Crippen LogP contribution in [0.25, 0.3) is 11.4 Å². The second-order valence-electron chi connectivity index (χ2n) is 6.74. The summed E-state index contributed by atoms with van der Waals surface area (Å²) in [5, 5.41) is 14.9. The van der Waals surface area contributed by atoms with Gasteiger partial charge in [0.15, 0.2) is 5.82 Å². The SMILES string of the molecule is Cc1cn(CCNc2nc(-c3ccc(C(N)=O)cc3)nc3c2CCNC3)nn1. The molecule has 0 saturated heterocycles. The van der Waals surface area contributed by atoms with Crippen LogP contribution in [-0.2, 0) is 19.5 Å². The van der Waals surface area contributed by atoms with Crippen molar-refractivity contribution in [1.82, 2.24) is 30.3 Å². The maximum absolute atomic E-state index is 11.3. The molecule has 3 aromatic rings. The maximum Gasteiger partial charge on any atom is 0.248 e. The van der Waals surface area contributed by atoms with E-state index in [0.717, 1.165) is 41.3 Å². The lowest BCUT2D eigenvalue weighted by Gasteiger charge is -2.20. The van der Waals surface area contributed by atoms with Gasteiger partial charge in [-0.3, -0.25) is 9.48 Å². The third kappa shape index (κ3) is 3.84. The maximum atomic E-state index is 11.3. The highest BCUT2D eigenvalue weighted by Gasteiger charge is 2.18. The van der Waals surface area contributed by atoms with E-state index < -0.39 is 5.91 Å². The van der Waals surface area contributed by atoms with Crippen molar-refractivity contribution < 1.29 is 4.79 Å². The minimum Gasteiger partial charge on any atom is -0.368 e. The number of fused-ring (bicyclic) bond motifs is 1. The van der Waals surface area contributed by atoms with E-state index in [1.165, 1.54) is 0 Å². The highest BCUT2D eigenvalue weighted by Crippen LogP contribution is 2.25. The number of nitrogens with two attached hydrogens (primary N) is 1. The highest BCUT2D eigenvalue weighted by atomic mass is 16.1. The van der Waals surface area contributed by atoms with Crippen LogP contribution in [0.15, 0.2) is 30.5 Å². The number of carbonyl (C=O) groups excluding carboxylic acids is 1. The fraction of sp³-hybridized carbons (Fsp3) is 0.316. The Kier molecular flexibility index (Phi) is 4.98. The average Bonchev–Trinajstić information content (AvgIpc) is 3.13. The first kappa shape index (κ1) is 18.1. The molecule has 0 unspecified atom stereocenters. The second-order valence-corrected chi connectivity index (χ2v) is 6.74. The molecule has 1 aromatic carbocycles. The van der Waals surface area contributed by atoms with Crippen LogP contribution < -0.4 is 16.4 Å². The Morgan fingerprint density at radius 2 is 2.11 bits per heavy atom. The van der Waals surface area contributed by atoms with Gasteiger partial charge in [-0.25, -0.2) is 9.97 Å². The zero-order valence-electron chi connectivity index (χ0n) is 15.6. The Morgan fingerprint density at radius 3 is 2.82 bits per heavy atom. The molecule has 0 aliphatic carbocycles. The van der Waals surface area contributed by atoms with Gasteiger partial charge in [0.2, 0.25) is 5.91 Å². The molecule has 0 saturated carbocycles. The average molecular weight is 378 g/mol. The third-order valence-corrected chi connectivity index (χ3v) is 4.65. The number of benzene rings is 1. The van der Waals surface area contributed by atoms with Crippen molar-refractivity contribution in [2.24, 2.45) is 5.73 Å². The molecule has 0 spiro atoms.